The van der Waals surface area contributed by atoms with E-state index in [9.17, 15) is 13.2 Å². The highest BCUT2D eigenvalue weighted by molar-refractivity contribution is 7.88. The fourth-order valence-corrected chi connectivity index (χ4v) is 3.51. The number of hydrogen-bond donors (Lipinski definition) is 2. The molecule has 116 valence electrons. The highest BCUT2D eigenvalue weighted by Gasteiger charge is 2.31. The van der Waals surface area contributed by atoms with Gasteiger partial charge in [-0.05, 0) is 6.07 Å². The lowest BCUT2D eigenvalue weighted by atomic mass is 10.0. The number of rotatable bonds is 3. The molecule has 1 aliphatic heterocycles. The van der Waals surface area contributed by atoms with Gasteiger partial charge in [0.25, 0.3) is 0 Å². The maximum Gasteiger partial charge on any atom is 0.250 e. The van der Waals surface area contributed by atoms with E-state index in [1.807, 2.05) is 0 Å². The topological polar surface area (TPSA) is 109 Å². The van der Waals surface area contributed by atoms with Gasteiger partial charge in [-0.15, -0.1) is 0 Å². The second-order valence-electron chi connectivity index (χ2n) is 5.09. The average molecular weight is 341 g/mol. The molecule has 0 saturated heterocycles. The van der Waals surface area contributed by atoms with Crippen molar-refractivity contribution in [3.63, 3.8) is 0 Å². The molecule has 1 aromatic carbocycles. The Kier molecular flexibility index (Phi) is 3.47. The number of benzene rings is 1. The molecule has 0 saturated carbocycles. The van der Waals surface area contributed by atoms with E-state index in [2.05, 4.69) is 10.2 Å². The van der Waals surface area contributed by atoms with Crippen LogP contribution in [0.15, 0.2) is 18.2 Å². The van der Waals surface area contributed by atoms with Gasteiger partial charge in [0.2, 0.25) is 15.9 Å². The maximum absolute atomic E-state index is 11.7. The molecule has 9 heteroatoms. The second kappa shape index (κ2) is 5.08. The molecule has 0 atom stereocenters. The normalized spacial score (nSPS) is 15.0. The molecule has 0 radical (unpaired) electrons. The summed E-state index contributed by atoms with van der Waals surface area (Å²) in [6.07, 6.45) is 1.16. The quantitative estimate of drug-likeness (QED) is 0.871. The van der Waals surface area contributed by atoms with Gasteiger partial charge in [0.05, 0.1) is 34.8 Å². The summed E-state index contributed by atoms with van der Waals surface area (Å²) in [5, 5.41) is 7.24. The molecule has 0 unspecified atom stereocenters. The lowest BCUT2D eigenvalue weighted by molar-refractivity contribution is 0.100. The molecule has 0 fully saturated rings. The highest BCUT2D eigenvalue weighted by atomic mass is 35.5. The van der Waals surface area contributed by atoms with Crippen LogP contribution in [0.5, 0.6) is 0 Å². The summed E-state index contributed by atoms with van der Waals surface area (Å²) in [4.78, 5) is 11.4. The smallest absolute Gasteiger partial charge is 0.250 e. The number of hydrogen-bond acceptors (Lipinski definition) is 4. The van der Waals surface area contributed by atoms with Crippen LogP contribution in [0.3, 0.4) is 0 Å². The molecule has 0 spiro atoms. The van der Waals surface area contributed by atoms with Gasteiger partial charge in [-0.25, -0.2) is 8.42 Å². The van der Waals surface area contributed by atoms with Crippen molar-refractivity contribution in [1.29, 1.82) is 0 Å². The van der Waals surface area contributed by atoms with Gasteiger partial charge in [0.15, 0.2) is 0 Å². The summed E-state index contributed by atoms with van der Waals surface area (Å²) in [6, 6.07) is 4.91. The Morgan fingerprint density at radius 3 is 2.77 bits per heavy atom. The molecule has 1 aromatic heterocycles. The zero-order chi connectivity index (χ0) is 16.1. The van der Waals surface area contributed by atoms with Gasteiger partial charge in [-0.2, -0.15) is 9.40 Å². The standard InChI is InChI=1S/C13H13ClN4O3S/c1-22(20,21)18-5-9-10(6-18)16-17-12(9)7-3-2-4-8(11(7)14)13(15)19/h2-4H,5-6H2,1H3,(H2,15,19)(H,16,17). The van der Waals surface area contributed by atoms with Crippen molar-refractivity contribution < 1.29 is 13.2 Å². The van der Waals surface area contributed by atoms with Crippen molar-refractivity contribution in [3.05, 3.63) is 40.0 Å². The first-order valence-electron chi connectivity index (χ1n) is 6.39. The Labute approximate surface area is 132 Å². The Morgan fingerprint density at radius 2 is 2.14 bits per heavy atom. The van der Waals surface area contributed by atoms with Crippen LogP contribution in [0.2, 0.25) is 5.02 Å². The maximum atomic E-state index is 11.7. The number of sulfonamides is 1. The van der Waals surface area contributed by atoms with Gasteiger partial charge < -0.3 is 5.73 Å². The second-order valence-corrected chi connectivity index (χ2v) is 7.45. The Morgan fingerprint density at radius 1 is 1.41 bits per heavy atom. The summed E-state index contributed by atoms with van der Waals surface area (Å²) in [5.41, 5.74) is 8.06. The largest absolute Gasteiger partial charge is 0.366 e. The van der Waals surface area contributed by atoms with Crippen molar-refractivity contribution in [3.8, 4) is 11.3 Å². The molecule has 3 N–H and O–H groups in total. The van der Waals surface area contributed by atoms with Crippen LogP contribution in [0.1, 0.15) is 21.6 Å². The van der Waals surface area contributed by atoms with Crippen molar-refractivity contribution in [1.82, 2.24) is 14.5 Å². The first kappa shape index (κ1) is 15.0. The third-order valence-electron chi connectivity index (χ3n) is 3.61. The Bertz CT molecular complexity index is 875. The highest BCUT2D eigenvalue weighted by Crippen LogP contribution is 2.36. The van der Waals surface area contributed by atoms with Crippen LogP contribution in [0.25, 0.3) is 11.3 Å². The minimum absolute atomic E-state index is 0.203. The van der Waals surface area contributed by atoms with Crippen LogP contribution >= 0.6 is 11.6 Å². The third kappa shape index (κ3) is 2.39. The van der Waals surface area contributed by atoms with Gasteiger partial charge in [-0.3, -0.25) is 9.89 Å². The number of H-pyrrole nitrogens is 1. The van der Waals surface area contributed by atoms with E-state index in [0.717, 1.165) is 17.5 Å². The monoisotopic (exact) mass is 340 g/mol. The molecule has 1 aliphatic rings. The SMILES string of the molecule is CS(=O)(=O)N1Cc2[nH]nc(-c3cccc(C(N)=O)c3Cl)c2C1. The van der Waals surface area contributed by atoms with Crippen LogP contribution < -0.4 is 5.73 Å². The van der Waals surface area contributed by atoms with Crippen molar-refractivity contribution in [2.75, 3.05) is 6.26 Å². The number of halogens is 1. The predicted molar refractivity (Wildman–Crippen MR) is 81.6 cm³/mol. The summed E-state index contributed by atoms with van der Waals surface area (Å²) in [7, 11) is -3.29. The summed E-state index contributed by atoms with van der Waals surface area (Å²) < 4.78 is 24.7. The minimum atomic E-state index is -3.29. The van der Waals surface area contributed by atoms with Crippen LogP contribution in [0, 0.1) is 0 Å². The number of carbonyl (C=O) groups is 1. The Balaban J connectivity index is 2.08. The molecule has 0 bridgehead atoms. The third-order valence-corrected chi connectivity index (χ3v) is 5.21. The molecule has 2 aromatic rings. The number of aromatic nitrogens is 2. The van der Waals surface area contributed by atoms with E-state index in [1.165, 1.54) is 10.4 Å². The number of nitrogens with zero attached hydrogens (tertiary/aromatic N) is 2. The number of nitrogens with two attached hydrogens (primary N) is 1. The van der Waals surface area contributed by atoms with Gasteiger partial charge in [0.1, 0.15) is 0 Å². The molecule has 22 heavy (non-hydrogen) atoms. The zero-order valence-corrected chi connectivity index (χ0v) is 13.2. The number of amides is 1. The lowest BCUT2D eigenvalue weighted by Crippen LogP contribution is -2.24. The van der Waals surface area contributed by atoms with Crippen molar-refractivity contribution >= 4 is 27.5 Å². The number of primary amides is 1. The number of carbonyl (C=O) groups excluding carboxylic acids is 1. The van der Waals surface area contributed by atoms with Crippen LogP contribution in [0.4, 0.5) is 0 Å². The van der Waals surface area contributed by atoms with Crippen LogP contribution in [-0.2, 0) is 23.1 Å². The molecular weight excluding hydrogens is 328 g/mol. The fourth-order valence-electron chi connectivity index (χ4n) is 2.47. The molecule has 0 aliphatic carbocycles. The number of aromatic amines is 1. The number of nitrogens with one attached hydrogen (secondary N) is 1. The minimum Gasteiger partial charge on any atom is -0.366 e. The molecule has 7 nitrogen and oxygen atoms in total. The van der Waals surface area contributed by atoms with E-state index < -0.39 is 15.9 Å². The van der Waals surface area contributed by atoms with E-state index >= 15 is 0 Å². The van der Waals surface area contributed by atoms with E-state index in [4.69, 9.17) is 17.3 Å². The molecular formula is C13H13ClN4O3S. The van der Waals surface area contributed by atoms with Crippen molar-refractivity contribution in [2.45, 2.75) is 13.1 Å². The van der Waals surface area contributed by atoms with E-state index in [-0.39, 0.29) is 23.7 Å². The zero-order valence-electron chi connectivity index (χ0n) is 11.6. The summed E-state index contributed by atoms with van der Waals surface area (Å²) in [5.74, 6) is -0.628. The van der Waals surface area contributed by atoms with Gasteiger partial charge in [-0.1, -0.05) is 23.7 Å². The lowest BCUT2D eigenvalue weighted by Gasteiger charge is -2.12. The first-order chi connectivity index (χ1) is 10.3. The number of fused-ring (bicyclic) bond motifs is 1. The Hall–Kier alpha value is -1.90. The van der Waals surface area contributed by atoms with Crippen molar-refractivity contribution in [2.24, 2.45) is 5.73 Å². The molecule has 1 amide bonds. The molecule has 3 rings (SSSR count). The summed E-state index contributed by atoms with van der Waals surface area (Å²) >= 11 is 6.24. The summed E-state index contributed by atoms with van der Waals surface area (Å²) in [6.45, 7) is 0.464. The predicted octanol–water partition coefficient (Wildman–Crippen LogP) is 1.10. The van der Waals surface area contributed by atoms with Gasteiger partial charge in [0, 0.05) is 17.7 Å². The first-order valence-corrected chi connectivity index (χ1v) is 8.61. The fraction of sp³-hybridized carbons (Fsp3) is 0.231. The molecule has 2 heterocycles. The van der Waals surface area contributed by atoms with E-state index in [0.29, 0.717) is 11.3 Å². The average Bonchev–Trinajstić information content (AvgIpc) is 2.98. The van der Waals surface area contributed by atoms with E-state index in [1.54, 1.807) is 12.1 Å². The van der Waals surface area contributed by atoms with Gasteiger partial charge >= 0.3 is 0 Å². The van der Waals surface area contributed by atoms with Crippen LogP contribution in [-0.4, -0.2) is 35.1 Å².